The van der Waals surface area contributed by atoms with Gasteiger partial charge in [0.25, 0.3) is 0 Å². The molecule has 0 aliphatic carbocycles. The van der Waals surface area contributed by atoms with Crippen LogP contribution in [-0.4, -0.2) is 14.5 Å². The summed E-state index contributed by atoms with van der Waals surface area (Å²) in [5, 5.41) is 8.73. The highest BCUT2D eigenvalue weighted by molar-refractivity contribution is 7.79. The maximum absolute atomic E-state index is 10.5. The molecule has 68 valence electrons. The molecule has 0 heterocycles. The zero-order valence-electron chi connectivity index (χ0n) is 6.88. The normalized spacial score (nSPS) is 14.5. The third kappa shape index (κ3) is 2.98. The van der Waals surface area contributed by atoms with Crippen LogP contribution in [0, 0.1) is 11.3 Å². The maximum atomic E-state index is 10.5. The van der Waals surface area contributed by atoms with Crippen LogP contribution in [0.15, 0.2) is 30.3 Å². The van der Waals surface area contributed by atoms with Crippen molar-refractivity contribution in [1.82, 2.24) is 0 Å². The van der Waals surface area contributed by atoms with Gasteiger partial charge in [0, 0.05) is 0 Å². The van der Waals surface area contributed by atoms with Gasteiger partial charge in [0.2, 0.25) is 0 Å². The van der Waals surface area contributed by atoms with Gasteiger partial charge in [-0.05, 0) is 5.56 Å². The zero-order valence-corrected chi connectivity index (χ0v) is 7.70. The van der Waals surface area contributed by atoms with Crippen molar-refractivity contribution in [3.63, 3.8) is 0 Å². The fourth-order valence-corrected chi connectivity index (χ4v) is 1.59. The second-order valence-electron chi connectivity index (χ2n) is 2.58. The lowest BCUT2D eigenvalue weighted by atomic mass is 10.0. The van der Waals surface area contributed by atoms with Gasteiger partial charge in [0.05, 0.1) is 17.7 Å². The first kappa shape index (κ1) is 9.90. The van der Waals surface area contributed by atoms with Crippen molar-refractivity contribution in [1.29, 1.82) is 5.26 Å². The van der Waals surface area contributed by atoms with Gasteiger partial charge < -0.3 is 4.55 Å². The predicted octanol–water partition coefficient (Wildman–Crippen LogP) is 1.52. The predicted molar refractivity (Wildman–Crippen MR) is 50.4 cm³/mol. The molecule has 1 aromatic carbocycles. The molecule has 1 N–H and O–H groups in total. The number of nitriles is 1. The molecule has 0 amide bonds. The van der Waals surface area contributed by atoms with Crippen LogP contribution in [0.1, 0.15) is 11.5 Å². The first-order valence-electron chi connectivity index (χ1n) is 3.76. The standard InChI is InChI=1S/C9H9NO2S/c10-6-9(7-13(11)12)8-4-2-1-3-5-8/h1-5,9H,7H2,(H,11,12). The molecular weight excluding hydrogens is 186 g/mol. The summed E-state index contributed by atoms with van der Waals surface area (Å²) in [6, 6.07) is 11.0. The van der Waals surface area contributed by atoms with Crippen molar-refractivity contribution in [3.8, 4) is 6.07 Å². The van der Waals surface area contributed by atoms with E-state index in [0.29, 0.717) is 0 Å². The molecule has 1 aromatic rings. The lowest BCUT2D eigenvalue weighted by Crippen LogP contribution is -2.06. The molecule has 0 aliphatic rings. The lowest BCUT2D eigenvalue weighted by molar-refractivity contribution is 0.561. The molecule has 13 heavy (non-hydrogen) atoms. The monoisotopic (exact) mass is 195 g/mol. The van der Waals surface area contributed by atoms with Crippen molar-refractivity contribution in [3.05, 3.63) is 35.9 Å². The maximum Gasteiger partial charge on any atom is 0.154 e. The molecule has 2 atom stereocenters. The molecule has 0 aliphatic heterocycles. The van der Waals surface area contributed by atoms with Crippen LogP contribution in [0.2, 0.25) is 0 Å². The molecule has 0 bridgehead atoms. The molecule has 2 unspecified atom stereocenters. The Morgan fingerprint density at radius 2 is 2.08 bits per heavy atom. The van der Waals surface area contributed by atoms with E-state index in [-0.39, 0.29) is 5.75 Å². The van der Waals surface area contributed by atoms with Gasteiger partial charge in [0.15, 0.2) is 11.1 Å². The fourth-order valence-electron chi connectivity index (χ4n) is 1.04. The first-order chi connectivity index (χ1) is 6.24. The number of hydrogen-bond acceptors (Lipinski definition) is 2. The highest BCUT2D eigenvalue weighted by atomic mass is 32.2. The molecule has 0 fully saturated rings. The van der Waals surface area contributed by atoms with E-state index in [2.05, 4.69) is 0 Å². The SMILES string of the molecule is N#CC(CS(=O)O)c1ccccc1. The zero-order chi connectivity index (χ0) is 9.68. The van der Waals surface area contributed by atoms with Gasteiger partial charge in [-0.25, -0.2) is 4.21 Å². The minimum atomic E-state index is -1.92. The van der Waals surface area contributed by atoms with E-state index in [1.165, 1.54) is 0 Å². The Kier molecular flexibility index (Phi) is 3.62. The van der Waals surface area contributed by atoms with Gasteiger partial charge >= 0.3 is 0 Å². The molecule has 0 spiro atoms. The summed E-state index contributed by atoms with van der Waals surface area (Å²) in [6.45, 7) is 0. The molecular formula is C9H9NO2S. The highest BCUT2D eigenvalue weighted by Crippen LogP contribution is 2.14. The third-order valence-corrected chi connectivity index (χ3v) is 2.29. The summed E-state index contributed by atoms with van der Waals surface area (Å²) in [5.74, 6) is -0.521. The largest absolute Gasteiger partial charge is 0.306 e. The van der Waals surface area contributed by atoms with Crippen molar-refractivity contribution in [2.45, 2.75) is 5.92 Å². The Bertz CT molecular complexity index is 331. The number of benzene rings is 1. The Hall–Kier alpha value is -1.18. The Balaban J connectivity index is 2.80. The van der Waals surface area contributed by atoms with Gasteiger partial charge in [0.1, 0.15) is 0 Å². The minimum Gasteiger partial charge on any atom is -0.306 e. The highest BCUT2D eigenvalue weighted by Gasteiger charge is 2.12. The van der Waals surface area contributed by atoms with E-state index in [4.69, 9.17) is 9.81 Å². The number of nitrogens with zero attached hydrogens (tertiary/aromatic N) is 1. The van der Waals surface area contributed by atoms with Crippen LogP contribution >= 0.6 is 0 Å². The van der Waals surface area contributed by atoms with Crippen LogP contribution in [0.4, 0.5) is 0 Å². The van der Waals surface area contributed by atoms with Gasteiger partial charge in [-0.3, -0.25) is 0 Å². The average molecular weight is 195 g/mol. The molecule has 0 aromatic heterocycles. The second kappa shape index (κ2) is 4.75. The minimum absolute atomic E-state index is 0.0273. The molecule has 0 radical (unpaired) electrons. The topological polar surface area (TPSA) is 61.1 Å². The van der Waals surface area contributed by atoms with E-state index >= 15 is 0 Å². The summed E-state index contributed by atoms with van der Waals surface area (Å²) in [4.78, 5) is 0. The molecule has 4 heteroatoms. The lowest BCUT2D eigenvalue weighted by Gasteiger charge is -2.05. The Labute approximate surface area is 79.3 Å². The van der Waals surface area contributed by atoms with Crippen molar-refractivity contribution in [2.75, 3.05) is 5.75 Å². The van der Waals surface area contributed by atoms with Crippen molar-refractivity contribution in [2.24, 2.45) is 0 Å². The van der Waals surface area contributed by atoms with Crippen molar-refractivity contribution < 1.29 is 8.76 Å². The smallest absolute Gasteiger partial charge is 0.154 e. The second-order valence-corrected chi connectivity index (χ2v) is 3.56. The van der Waals surface area contributed by atoms with Crippen LogP contribution < -0.4 is 0 Å². The van der Waals surface area contributed by atoms with Gasteiger partial charge in [-0.2, -0.15) is 5.26 Å². The number of hydrogen-bond donors (Lipinski definition) is 1. The number of rotatable bonds is 3. The van der Waals surface area contributed by atoms with E-state index in [9.17, 15) is 4.21 Å². The molecule has 3 nitrogen and oxygen atoms in total. The summed E-state index contributed by atoms with van der Waals surface area (Å²) in [7, 11) is 0. The summed E-state index contributed by atoms with van der Waals surface area (Å²) in [5.41, 5.74) is 0.785. The summed E-state index contributed by atoms with van der Waals surface area (Å²) < 4.78 is 19.1. The van der Waals surface area contributed by atoms with E-state index < -0.39 is 17.0 Å². The van der Waals surface area contributed by atoms with Gasteiger partial charge in [-0.15, -0.1) is 0 Å². The van der Waals surface area contributed by atoms with Crippen LogP contribution in [0.25, 0.3) is 0 Å². The average Bonchev–Trinajstić information content (AvgIpc) is 2.15. The van der Waals surface area contributed by atoms with Crippen LogP contribution in [0.5, 0.6) is 0 Å². The third-order valence-electron chi connectivity index (χ3n) is 1.67. The summed E-state index contributed by atoms with van der Waals surface area (Å²) in [6.07, 6.45) is 0. The molecule has 1 rings (SSSR count). The van der Waals surface area contributed by atoms with E-state index in [1.54, 1.807) is 24.3 Å². The fraction of sp³-hybridized carbons (Fsp3) is 0.222. The van der Waals surface area contributed by atoms with Crippen molar-refractivity contribution >= 4 is 11.1 Å². The molecule has 0 saturated heterocycles. The van der Waals surface area contributed by atoms with Gasteiger partial charge in [-0.1, -0.05) is 30.3 Å². The van der Waals surface area contributed by atoms with Crippen LogP contribution in [-0.2, 0) is 11.1 Å². The van der Waals surface area contributed by atoms with Crippen LogP contribution in [0.3, 0.4) is 0 Å². The first-order valence-corrected chi connectivity index (χ1v) is 5.03. The summed E-state index contributed by atoms with van der Waals surface area (Å²) >= 11 is -1.92. The Morgan fingerprint density at radius 1 is 1.46 bits per heavy atom. The van der Waals surface area contributed by atoms with E-state index in [1.807, 2.05) is 12.1 Å². The van der Waals surface area contributed by atoms with E-state index in [0.717, 1.165) is 5.56 Å². The Morgan fingerprint density at radius 3 is 2.54 bits per heavy atom. The quantitative estimate of drug-likeness (QED) is 0.744. The molecule has 0 saturated carbocycles.